The average Bonchev–Trinajstić information content (AvgIpc) is 2.97. The van der Waals surface area contributed by atoms with Crippen LogP contribution in [0.15, 0.2) is 37.0 Å². The molecule has 43 heavy (non-hydrogen) atoms. The smallest absolute Gasteiger partial charge is 0.320 e. The van der Waals surface area contributed by atoms with Crippen LogP contribution in [0.2, 0.25) is 0 Å². The molecule has 7 heteroatoms. The third kappa shape index (κ3) is 28.1. The minimum atomic E-state index is -0.396. The van der Waals surface area contributed by atoms with Gasteiger partial charge in [0.1, 0.15) is 19.8 Å². The number of rotatable bonds is 29. The highest BCUT2D eigenvalue weighted by atomic mass is 16.6. The van der Waals surface area contributed by atoms with E-state index in [0.717, 1.165) is 64.2 Å². The maximum atomic E-state index is 12.3. The number of likely N-dealkylation sites (N-methyl/N-ethyl adjacent to an activating group) is 1. The summed E-state index contributed by atoms with van der Waals surface area (Å²) >= 11 is 0. The van der Waals surface area contributed by atoms with Crippen LogP contribution < -0.4 is 0 Å². The van der Waals surface area contributed by atoms with Crippen molar-refractivity contribution in [2.24, 2.45) is 11.8 Å². The Labute approximate surface area is 263 Å². The second-order valence-corrected chi connectivity index (χ2v) is 11.8. The third-order valence-electron chi connectivity index (χ3n) is 7.29. The second-order valence-electron chi connectivity index (χ2n) is 11.8. The van der Waals surface area contributed by atoms with Gasteiger partial charge in [-0.05, 0) is 77.8 Å². The Hall–Kier alpha value is -2.41. The standard InChI is InChI=1S/C36H63NO6/c1-6-9-10-11-12-13-14-15-16-17-18-19-20-21-22-26-34(38)41-29-33(31-43-36(40)28-37(4)5)30-42-35(39)27-23-25-32(8-3)24-7-2/h7,12-13,15-16,32-33H,2,6,8-11,14,17-31H2,1,3-5H3/b13-12-,16-15-. The van der Waals surface area contributed by atoms with Gasteiger partial charge in [0.2, 0.25) is 0 Å². The fraction of sp³-hybridized carbons (Fsp3) is 0.750. The van der Waals surface area contributed by atoms with Crippen molar-refractivity contribution in [3.63, 3.8) is 0 Å². The van der Waals surface area contributed by atoms with E-state index in [1.165, 1.54) is 32.1 Å². The van der Waals surface area contributed by atoms with E-state index in [1.54, 1.807) is 19.0 Å². The number of hydrogen-bond donors (Lipinski definition) is 0. The summed E-state index contributed by atoms with van der Waals surface area (Å²) in [7, 11) is 3.57. The summed E-state index contributed by atoms with van der Waals surface area (Å²) < 4.78 is 16.3. The van der Waals surface area contributed by atoms with Crippen LogP contribution in [0, 0.1) is 11.8 Å². The molecule has 7 nitrogen and oxygen atoms in total. The maximum absolute atomic E-state index is 12.3. The highest BCUT2D eigenvalue weighted by Gasteiger charge is 2.18. The number of carbonyl (C=O) groups excluding carboxylic acids is 3. The summed E-state index contributed by atoms with van der Waals surface area (Å²) in [6.07, 6.45) is 27.8. The van der Waals surface area contributed by atoms with Gasteiger partial charge in [-0.25, -0.2) is 0 Å². The lowest BCUT2D eigenvalue weighted by Crippen LogP contribution is -2.29. The predicted molar refractivity (Wildman–Crippen MR) is 177 cm³/mol. The molecule has 0 aromatic carbocycles. The number of nitrogens with zero attached hydrogens (tertiary/aromatic N) is 1. The van der Waals surface area contributed by atoms with E-state index in [0.29, 0.717) is 18.8 Å². The van der Waals surface area contributed by atoms with Gasteiger partial charge < -0.3 is 14.2 Å². The van der Waals surface area contributed by atoms with Crippen LogP contribution >= 0.6 is 0 Å². The third-order valence-corrected chi connectivity index (χ3v) is 7.29. The van der Waals surface area contributed by atoms with Crippen molar-refractivity contribution in [1.82, 2.24) is 4.90 Å². The van der Waals surface area contributed by atoms with Crippen molar-refractivity contribution in [1.29, 1.82) is 0 Å². The molecule has 0 amide bonds. The fourth-order valence-corrected chi connectivity index (χ4v) is 4.57. The predicted octanol–water partition coefficient (Wildman–Crippen LogP) is 8.38. The molecular weight excluding hydrogens is 542 g/mol. The van der Waals surface area contributed by atoms with Crippen molar-refractivity contribution < 1.29 is 28.6 Å². The minimum absolute atomic E-state index is 0.0359. The van der Waals surface area contributed by atoms with Gasteiger partial charge in [0.25, 0.3) is 0 Å². The van der Waals surface area contributed by atoms with E-state index < -0.39 is 5.92 Å². The number of unbranched alkanes of at least 4 members (excludes halogenated alkanes) is 8. The molecule has 2 atom stereocenters. The summed E-state index contributed by atoms with van der Waals surface area (Å²) in [6.45, 7) is 8.47. The van der Waals surface area contributed by atoms with Gasteiger partial charge in [0.15, 0.2) is 0 Å². The minimum Gasteiger partial charge on any atom is -0.465 e. The fourth-order valence-electron chi connectivity index (χ4n) is 4.57. The van der Waals surface area contributed by atoms with Gasteiger partial charge in [-0.1, -0.05) is 82.8 Å². The molecule has 0 aliphatic carbocycles. The molecule has 0 spiro atoms. The van der Waals surface area contributed by atoms with Crippen LogP contribution in [-0.4, -0.2) is 63.3 Å². The van der Waals surface area contributed by atoms with E-state index in [2.05, 4.69) is 44.7 Å². The Morgan fingerprint density at radius 1 is 0.674 bits per heavy atom. The van der Waals surface area contributed by atoms with Crippen LogP contribution in [-0.2, 0) is 28.6 Å². The molecule has 0 bridgehead atoms. The molecular formula is C36H63NO6. The first-order valence-corrected chi connectivity index (χ1v) is 16.8. The highest BCUT2D eigenvalue weighted by molar-refractivity contribution is 5.71. The zero-order chi connectivity index (χ0) is 32.0. The molecule has 0 rings (SSSR count). The molecule has 0 heterocycles. The second kappa shape index (κ2) is 29.7. The quantitative estimate of drug-likeness (QED) is 0.0366. The molecule has 0 radical (unpaired) electrons. The lowest BCUT2D eigenvalue weighted by atomic mass is 9.96. The molecule has 0 aromatic heterocycles. The first-order chi connectivity index (χ1) is 20.8. The zero-order valence-corrected chi connectivity index (χ0v) is 28.0. The van der Waals surface area contributed by atoms with Gasteiger partial charge in [-0.3, -0.25) is 19.3 Å². The van der Waals surface area contributed by atoms with Gasteiger partial charge in [-0.15, -0.1) is 6.58 Å². The van der Waals surface area contributed by atoms with Crippen LogP contribution in [0.3, 0.4) is 0 Å². The summed E-state index contributed by atoms with van der Waals surface area (Å²) in [5.74, 6) is -0.782. The first kappa shape index (κ1) is 40.6. The summed E-state index contributed by atoms with van der Waals surface area (Å²) in [6, 6.07) is 0. The zero-order valence-electron chi connectivity index (χ0n) is 28.0. The normalized spacial score (nSPS) is 13.0. The van der Waals surface area contributed by atoms with E-state index in [4.69, 9.17) is 14.2 Å². The molecule has 0 aromatic rings. The molecule has 0 aliphatic heterocycles. The number of hydrogen-bond acceptors (Lipinski definition) is 7. The van der Waals surface area contributed by atoms with Gasteiger partial charge >= 0.3 is 17.9 Å². The van der Waals surface area contributed by atoms with Crippen LogP contribution in [0.4, 0.5) is 0 Å². The average molecular weight is 606 g/mol. The molecule has 0 aliphatic rings. The monoisotopic (exact) mass is 605 g/mol. The summed E-state index contributed by atoms with van der Waals surface area (Å²) in [4.78, 5) is 38.3. The summed E-state index contributed by atoms with van der Waals surface area (Å²) in [5, 5.41) is 0. The van der Waals surface area contributed by atoms with Crippen LogP contribution in [0.25, 0.3) is 0 Å². The number of allylic oxidation sites excluding steroid dienone is 5. The number of esters is 3. The lowest BCUT2D eigenvalue weighted by molar-refractivity contribution is -0.153. The Kier molecular flexibility index (Phi) is 28.0. The Balaban J connectivity index is 4.23. The van der Waals surface area contributed by atoms with Crippen LogP contribution in [0.5, 0.6) is 0 Å². The number of carbonyl (C=O) groups is 3. The van der Waals surface area contributed by atoms with Crippen molar-refractivity contribution in [3.8, 4) is 0 Å². The van der Waals surface area contributed by atoms with Crippen molar-refractivity contribution in [3.05, 3.63) is 37.0 Å². The largest absolute Gasteiger partial charge is 0.465 e. The van der Waals surface area contributed by atoms with Crippen LogP contribution in [0.1, 0.15) is 123 Å². The molecule has 0 saturated heterocycles. The molecule has 0 N–H and O–H groups in total. The van der Waals surface area contributed by atoms with E-state index in [1.807, 2.05) is 6.08 Å². The number of ether oxygens (including phenoxy) is 3. The molecule has 2 unspecified atom stereocenters. The Morgan fingerprint density at radius 2 is 1.21 bits per heavy atom. The van der Waals surface area contributed by atoms with E-state index in [-0.39, 0.29) is 44.3 Å². The SMILES string of the molecule is C=CCC(CC)CCCC(=O)OCC(COC(=O)CCCCCCC/C=C\C/C=C\CCCCC)COC(=O)CN(C)C. The van der Waals surface area contributed by atoms with Crippen molar-refractivity contribution in [2.75, 3.05) is 40.5 Å². The topological polar surface area (TPSA) is 82.1 Å². The Morgan fingerprint density at radius 3 is 1.77 bits per heavy atom. The van der Waals surface area contributed by atoms with E-state index in [9.17, 15) is 14.4 Å². The molecule has 248 valence electrons. The molecule has 0 fully saturated rings. The van der Waals surface area contributed by atoms with Gasteiger partial charge in [0, 0.05) is 12.8 Å². The van der Waals surface area contributed by atoms with Crippen molar-refractivity contribution in [2.45, 2.75) is 123 Å². The van der Waals surface area contributed by atoms with Crippen molar-refractivity contribution >= 4 is 17.9 Å². The van der Waals surface area contributed by atoms with Gasteiger partial charge in [-0.2, -0.15) is 0 Å². The van der Waals surface area contributed by atoms with Gasteiger partial charge in [0.05, 0.1) is 12.5 Å². The molecule has 0 saturated carbocycles. The highest BCUT2D eigenvalue weighted by Crippen LogP contribution is 2.17. The summed E-state index contributed by atoms with van der Waals surface area (Å²) in [5.41, 5.74) is 0. The first-order valence-electron chi connectivity index (χ1n) is 16.8. The lowest BCUT2D eigenvalue weighted by Gasteiger charge is -2.18. The van der Waals surface area contributed by atoms with E-state index >= 15 is 0 Å². The maximum Gasteiger partial charge on any atom is 0.320 e. The Bertz CT molecular complexity index is 776.